The Labute approximate surface area is 101 Å². The molecule has 17 heavy (non-hydrogen) atoms. The van der Waals surface area contributed by atoms with E-state index in [4.69, 9.17) is 4.74 Å². The quantitative estimate of drug-likeness (QED) is 0.847. The second kappa shape index (κ2) is 5.17. The molecule has 0 spiro atoms. The van der Waals surface area contributed by atoms with E-state index in [1.807, 2.05) is 13.8 Å². The summed E-state index contributed by atoms with van der Waals surface area (Å²) in [6.07, 6.45) is 4.12. The molecule has 92 valence electrons. The molecular weight excluding hydrogens is 216 g/mol. The molecule has 0 radical (unpaired) electrons. The molecule has 1 heterocycles. The van der Waals surface area contributed by atoms with Crippen molar-refractivity contribution in [2.75, 3.05) is 6.54 Å². The Balaban J connectivity index is 1.89. The van der Waals surface area contributed by atoms with Gasteiger partial charge in [0.15, 0.2) is 0 Å². The Bertz CT molecular complexity index is 383. The second-order valence-electron chi connectivity index (χ2n) is 4.71. The fraction of sp³-hybridized carbons (Fsp3) is 0.538. The van der Waals surface area contributed by atoms with Crippen molar-refractivity contribution in [1.29, 1.82) is 0 Å². The van der Waals surface area contributed by atoms with Crippen LogP contribution < -0.4 is 10.1 Å². The summed E-state index contributed by atoms with van der Waals surface area (Å²) >= 11 is 0. The van der Waals surface area contributed by atoms with Gasteiger partial charge in [-0.2, -0.15) is 0 Å². The van der Waals surface area contributed by atoms with Gasteiger partial charge in [-0.3, -0.25) is 4.79 Å². The number of pyridine rings is 1. The Hall–Kier alpha value is -1.58. The molecule has 1 aromatic heterocycles. The van der Waals surface area contributed by atoms with Gasteiger partial charge >= 0.3 is 0 Å². The number of hydrogen-bond acceptors (Lipinski definition) is 3. The summed E-state index contributed by atoms with van der Waals surface area (Å²) in [4.78, 5) is 15.8. The van der Waals surface area contributed by atoms with Crippen LogP contribution in [0.15, 0.2) is 18.3 Å². The van der Waals surface area contributed by atoms with Crippen LogP contribution in [0.2, 0.25) is 0 Å². The number of aromatic nitrogens is 1. The predicted octanol–water partition coefficient (Wildman–Crippen LogP) is 2.01. The number of ether oxygens (including phenoxy) is 1. The number of nitrogens with zero attached hydrogens (tertiary/aromatic N) is 1. The van der Waals surface area contributed by atoms with Gasteiger partial charge in [0.25, 0.3) is 5.91 Å². The van der Waals surface area contributed by atoms with Crippen LogP contribution in [0.3, 0.4) is 0 Å². The molecule has 0 atom stereocenters. The fourth-order valence-electron chi connectivity index (χ4n) is 1.49. The molecule has 0 aromatic carbocycles. The second-order valence-corrected chi connectivity index (χ2v) is 4.71. The van der Waals surface area contributed by atoms with Crippen molar-refractivity contribution in [2.45, 2.75) is 32.8 Å². The van der Waals surface area contributed by atoms with Crippen molar-refractivity contribution in [2.24, 2.45) is 5.92 Å². The van der Waals surface area contributed by atoms with Gasteiger partial charge in [-0.1, -0.05) is 0 Å². The van der Waals surface area contributed by atoms with Crippen LogP contribution >= 0.6 is 0 Å². The molecule has 0 unspecified atom stereocenters. The van der Waals surface area contributed by atoms with Gasteiger partial charge in [-0.05, 0) is 38.7 Å². The molecule has 0 saturated heterocycles. The number of carbonyl (C=O) groups excluding carboxylic acids is 1. The van der Waals surface area contributed by atoms with Gasteiger partial charge in [-0.15, -0.1) is 0 Å². The summed E-state index contributed by atoms with van der Waals surface area (Å²) in [5.41, 5.74) is 0.585. The van der Waals surface area contributed by atoms with Crippen molar-refractivity contribution >= 4 is 5.91 Å². The smallest absolute Gasteiger partial charge is 0.252 e. The standard InChI is InChI=1S/C13H18N2O2/c1-9(2)17-12-6-5-11(8-14-12)13(16)15-7-10-3-4-10/h5-6,8-10H,3-4,7H2,1-2H3,(H,15,16). The maximum atomic E-state index is 11.7. The van der Waals surface area contributed by atoms with Gasteiger partial charge in [0.05, 0.1) is 11.7 Å². The molecule has 1 saturated carbocycles. The minimum absolute atomic E-state index is 0.0551. The summed E-state index contributed by atoms with van der Waals surface area (Å²) in [5.74, 6) is 1.19. The molecule has 4 heteroatoms. The van der Waals surface area contributed by atoms with Crippen LogP contribution in [0, 0.1) is 5.92 Å². The maximum Gasteiger partial charge on any atom is 0.252 e. The van der Waals surface area contributed by atoms with Gasteiger partial charge in [0.2, 0.25) is 5.88 Å². The van der Waals surface area contributed by atoms with Crippen molar-refractivity contribution < 1.29 is 9.53 Å². The number of amides is 1. The molecule has 0 aliphatic heterocycles. The van der Waals surface area contributed by atoms with Gasteiger partial charge in [0.1, 0.15) is 0 Å². The number of hydrogen-bond donors (Lipinski definition) is 1. The van der Waals surface area contributed by atoms with Crippen LogP contribution in [0.25, 0.3) is 0 Å². The molecule has 1 aliphatic rings. The van der Waals surface area contributed by atoms with E-state index in [1.165, 1.54) is 12.8 Å². The van der Waals surface area contributed by atoms with Crippen LogP contribution in [-0.4, -0.2) is 23.5 Å². The minimum atomic E-state index is -0.0551. The molecule has 1 aliphatic carbocycles. The maximum absolute atomic E-state index is 11.7. The Kier molecular flexibility index (Phi) is 3.61. The third kappa shape index (κ3) is 3.73. The highest BCUT2D eigenvalue weighted by Crippen LogP contribution is 2.27. The molecule has 1 aromatic rings. The number of rotatable bonds is 5. The Morgan fingerprint density at radius 1 is 1.53 bits per heavy atom. The van der Waals surface area contributed by atoms with Crippen LogP contribution in [-0.2, 0) is 0 Å². The lowest BCUT2D eigenvalue weighted by atomic mass is 10.2. The average molecular weight is 234 g/mol. The molecule has 4 nitrogen and oxygen atoms in total. The van der Waals surface area contributed by atoms with E-state index < -0.39 is 0 Å². The topological polar surface area (TPSA) is 51.2 Å². The first-order chi connectivity index (χ1) is 8.15. The van der Waals surface area contributed by atoms with E-state index in [1.54, 1.807) is 18.3 Å². The van der Waals surface area contributed by atoms with E-state index in [-0.39, 0.29) is 12.0 Å². The van der Waals surface area contributed by atoms with E-state index in [0.717, 1.165) is 6.54 Å². The zero-order valence-corrected chi connectivity index (χ0v) is 10.3. The Morgan fingerprint density at radius 2 is 2.29 bits per heavy atom. The van der Waals surface area contributed by atoms with Gasteiger partial charge in [-0.25, -0.2) is 4.98 Å². The molecule has 1 N–H and O–H groups in total. The molecule has 1 fully saturated rings. The fourth-order valence-corrected chi connectivity index (χ4v) is 1.49. The van der Waals surface area contributed by atoms with Gasteiger partial charge in [0, 0.05) is 18.8 Å². The highest BCUT2D eigenvalue weighted by Gasteiger charge is 2.21. The summed E-state index contributed by atoms with van der Waals surface area (Å²) < 4.78 is 5.41. The van der Waals surface area contributed by atoms with Crippen LogP contribution in [0.1, 0.15) is 37.0 Å². The zero-order chi connectivity index (χ0) is 12.3. The summed E-state index contributed by atoms with van der Waals surface area (Å²) in [5, 5.41) is 2.90. The highest BCUT2D eigenvalue weighted by atomic mass is 16.5. The Morgan fingerprint density at radius 3 is 2.82 bits per heavy atom. The zero-order valence-electron chi connectivity index (χ0n) is 10.3. The largest absolute Gasteiger partial charge is 0.475 e. The molecular formula is C13H18N2O2. The van der Waals surface area contributed by atoms with Crippen molar-refractivity contribution in [3.8, 4) is 5.88 Å². The number of nitrogens with one attached hydrogen (secondary N) is 1. The third-order valence-electron chi connectivity index (χ3n) is 2.60. The van der Waals surface area contributed by atoms with E-state index >= 15 is 0 Å². The minimum Gasteiger partial charge on any atom is -0.475 e. The summed E-state index contributed by atoms with van der Waals surface area (Å²) in [6.45, 7) is 4.67. The highest BCUT2D eigenvalue weighted by molar-refractivity contribution is 5.93. The lowest BCUT2D eigenvalue weighted by Crippen LogP contribution is -2.25. The SMILES string of the molecule is CC(C)Oc1ccc(C(=O)NCC2CC2)cn1. The van der Waals surface area contributed by atoms with Gasteiger partial charge < -0.3 is 10.1 Å². The van der Waals surface area contributed by atoms with Crippen molar-refractivity contribution in [3.05, 3.63) is 23.9 Å². The normalized spacial score (nSPS) is 14.8. The average Bonchev–Trinajstić information content (AvgIpc) is 3.10. The molecule has 1 amide bonds. The van der Waals surface area contributed by atoms with E-state index in [2.05, 4.69) is 10.3 Å². The first kappa shape index (κ1) is 11.9. The monoisotopic (exact) mass is 234 g/mol. The van der Waals surface area contributed by atoms with E-state index in [9.17, 15) is 4.79 Å². The first-order valence-corrected chi connectivity index (χ1v) is 6.06. The van der Waals surface area contributed by atoms with Crippen LogP contribution in [0.4, 0.5) is 0 Å². The first-order valence-electron chi connectivity index (χ1n) is 6.06. The number of carbonyl (C=O) groups is 1. The third-order valence-corrected chi connectivity index (χ3v) is 2.60. The lowest BCUT2D eigenvalue weighted by Gasteiger charge is -2.09. The van der Waals surface area contributed by atoms with Crippen LogP contribution in [0.5, 0.6) is 5.88 Å². The lowest BCUT2D eigenvalue weighted by molar-refractivity contribution is 0.0951. The summed E-state index contributed by atoms with van der Waals surface area (Å²) in [7, 11) is 0. The van der Waals surface area contributed by atoms with Crippen molar-refractivity contribution in [1.82, 2.24) is 10.3 Å². The molecule has 0 bridgehead atoms. The summed E-state index contributed by atoms with van der Waals surface area (Å²) in [6, 6.07) is 3.47. The van der Waals surface area contributed by atoms with E-state index in [0.29, 0.717) is 17.4 Å². The predicted molar refractivity (Wildman–Crippen MR) is 65.1 cm³/mol. The molecule has 2 rings (SSSR count). The van der Waals surface area contributed by atoms with Crippen molar-refractivity contribution in [3.63, 3.8) is 0 Å².